The van der Waals surface area contributed by atoms with Gasteiger partial charge in [-0.1, -0.05) is 6.07 Å². The zero-order valence-corrected chi connectivity index (χ0v) is 16.1. The number of likely N-dealkylation sites (tertiary alicyclic amines) is 1. The van der Waals surface area contributed by atoms with E-state index in [9.17, 15) is 18.0 Å². The van der Waals surface area contributed by atoms with Crippen molar-refractivity contribution in [2.45, 2.75) is 56.0 Å². The number of anilines is 1. The second-order valence-electron chi connectivity index (χ2n) is 8.65. The molecule has 7 nitrogen and oxygen atoms in total. The SMILES string of the molecule is O=C1NC(N2C[C@H]3C[C@@H]2CO3)NC2NN(c3ccc(C4CC4)cc3C(F)(F)F)C=C12. The van der Waals surface area contributed by atoms with Gasteiger partial charge in [-0.05, 0) is 42.9 Å². The van der Waals surface area contributed by atoms with Gasteiger partial charge in [-0.25, -0.2) is 5.43 Å². The molecule has 3 saturated heterocycles. The number of benzene rings is 1. The Balaban J connectivity index is 1.26. The first-order valence-corrected chi connectivity index (χ1v) is 10.3. The van der Waals surface area contributed by atoms with Crippen LogP contribution in [0.2, 0.25) is 0 Å². The number of hydrogen-bond acceptors (Lipinski definition) is 6. The third-order valence-corrected chi connectivity index (χ3v) is 6.61. The molecule has 0 aromatic heterocycles. The second-order valence-corrected chi connectivity index (χ2v) is 8.65. The fourth-order valence-electron chi connectivity index (χ4n) is 4.91. The molecule has 1 aromatic carbocycles. The molecule has 0 spiro atoms. The number of morpholine rings is 1. The van der Waals surface area contributed by atoms with E-state index >= 15 is 0 Å². The van der Waals surface area contributed by atoms with Gasteiger partial charge in [-0.3, -0.25) is 20.0 Å². The maximum Gasteiger partial charge on any atom is 0.418 e. The number of carbonyl (C=O) groups excluding carboxylic acids is 1. The van der Waals surface area contributed by atoms with Gasteiger partial charge in [0.1, 0.15) is 12.5 Å². The van der Waals surface area contributed by atoms with Crippen LogP contribution in [0.4, 0.5) is 18.9 Å². The molecule has 160 valence electrons. The third-order valence-electron chi connectivity index (χ3n) is 6.61. The van der Waals surface area contributed by atoms with Crippen LogP contribution in [0.15, 0.2) is 30.0 Å². The number of carbonyl (C=O) groups is 1. The molecule has 0 radical (unpaired) electrons. The standard InChI is InChI=1S/C20H22F3N5O2/c21-20(22,23)15-5-11(10-1-2-10)3-4-16(15)28-8-14-17(26-28)24-19(25-18(14)29)27-7-13-6-12(27)9-30-13/h3-5,8,10,12-13,17,19,24,26H,1-2,6-7,9H2,(H,25,29)/t12-,13-,17?,19?/m1/s1. The van der Waals surface area contributed by atoms with Gasteiger partial charge in [0.25, 0.3) is 5.91 Å². The highest BCUT2D eigenvalue weighted by Crippen LogP contribution is 2.45. The molecule has 1 saturated carbocycles. The van der Waals surface area contributed by atoms with Gasteiger partial charge in [0.2, 0.25) is 0 Å². The summed E-state index contributed by atoms with van der Waals surface area (Å²) in [5.74, 6) is -0.0637. The predicted octanol–water partition coefficient (Wildman–Crippen LogP) is 1.59. The molecule has 30 heavy (non-hydrogen) atoms. The van der Waals surface area contributed by atoms with Crippen molar-refractivity contribution in [1.29, 1.82) is 0 Å². The highest BCUT2D eigenvalue weighted by Gasteiger charge is 2.47. The van der Waals surface area contributed by atoms with Crippen LogP contribution in [-0.4, -0.2) is 48.6 Å². The number of alkyl halides is 3. The van der Waals surface area contributed by atoms with Crippen LogP contribution in [-0.2, 0) is 15.7 Å². The molecule has 4 heterocycles. The van der Waals surface area contributed by atoms with Crippen molar-refractivity contribution in [2.75, 3.05) is 18.2 Å². The summed E-state index contributed by atoms with van der Waals surface area (Å²) in [6.07, 6.45) is -1.01. The van der Waals surface area contributed by atoms with Crippen molar-refractivity contribution in [3.05, 3.63) is 41.1 Å². The Morgan fingerprint density at radius 3 is 2.70 bits per heavy atom. The van der Waals surface area contributed by atoms with Crippen LogP contribution in [0, 0.1) is 0 Å². The summed E-state index contributed by atoms with van der Waals surface area (Å²) in [4.78, 5) is 14.8. The fourth-order valence-corrected chi connectivity index (χ4v) is 4.91. The van der Waals surface area contributed by atoms with Gasteiger partial charge >= 0.3 is 6.18 Å². The lowest BCUT2D eigenvalue weighted by atomic mass is 10.0. The van der Waals surface area contributed by atoms with Gasteiger partial charge in [-0.15, -0.1) is 0 Å². The minimum atomic E-state index is -4.48. The normalized spacial score (nSPS) is 33.6. The van der Waals surface area contributed by atoms with E-state index < -0.39 is 17.9 Å². The molecule has 4 atom stereocenters. The van der Waals surface area contributed by atoms with Crippen molar-refractivity contribution < 1.29 is 22.7 Å². The average molecular weight is 421 g/mol. The van der Waals surface area contributed by atoms with Crippen molar-refractivity contribution in [1.82, 2.24) is 21.0 Å². The van der Waals surface area contributed by atoms with Crippen LogP contribution >= 0.6 is 0 Å². The topological polar surface area (TPSA) is 68.9 Å². The summed E-state index contributed by atoms with van der Waals surface area (Å²) in [7, 11) is 0. The number of halogens is 3. The molecule has 6 rings (SSSR count). The van der Waals surface area contributed by atoms with Crippen LogP contribution < -0.4 is 21.1 Å². The second kappa shape index (κ2) is 6.43. The molecule has 4 aliphatic heterocycles. The lowest BCUT2D eigenvalue weighted by Crippen LogP contribution is -2.68. The number of ether oxygens (including phenoxy) is 1. The van der Waals surface area contributed by atoms with Crippen LogP contribution in [0.5, 0.6) is 0 Å². The Kier molecular flexibility index (Phi) is 3.99. The number of hydrogen-bond donors (Lipinski definition) is 3. The van der Waals surface area contributed by atoms with E-state index in [2.05, 4.69) is 21.0 Å². The number of rotatable bonds is 3. The third kappa shape index (κ3) is 3.01. The number of nitrogens with zero attached hydrogens (tertiary/aromatic N) is 2. The molecular weight excluding hydrogens is 399 g/mol. The number of amides is 1. The Morgan fingerprint density at radius 1 is 1.20 bits per heavy atom. The summed E-state index contributed by atoms with van der Waals surface area (Å²) < 4.78 is 46.9. The van der Waals surface area contributed by atoms with Crippen LogP contribution in [0.1, 0.15) is 36.3 Å². The van der Waals surface area contributed by atoms with E-state index in [-0.39, 0.29) is 35.9 Å². The maximum absolute atomic E-state index is 13.8. The Hall–Kier alpha value is -2.14. The highest BCUT2D eigenvalue weighted by molar-refractivity contribution is 5.96. The summed E-state index contributed by atoms with van der Waals surface area (Å²) in [6, 6.07) is 4.72. The van der Waals surface area contributed by atoms with E-state index in [1.54, 1.807) is 6.07 Å². The van der Waals surface area contributed by atoms with Gasteiger partial charge in [0.05, 0.1) is 29.5 Å². The minimum Gasteiger partial charge on any atom is -0.375 e. The van der Waals surface area contributed by atoms with E-state index in [0.29, 0.717) is 12.2 Å². The van der Waals surface area contributed by atoms with E-state index in [4.69, 9.17) is 4.74 Å². The first-order valence-electron chi connectivity index (χ1n) is 10.3. The summed E-state index contributed by atoms with van der Waals surface area (Å²) in [5, 5.41) is 7.55. The average Bonchev–Trinajstić information content (AvgIpc) is 3.13. The molecule has 3 N–H and O–H groups in total. The molecule has 1 amide bonds. The zero-order chi connectivity index (χ0) is 20.6. The largest absolute Gasteiger partial charge is 0.418 e. The van der Waals surface area contributed by atoms with Gasteiger partial charge in [0, 0.05) is 18.8 Å². The number of hydrazine groups is 1. The molecule has 5 aliphatic rings. The number of nitrogens with one attached hydrogen (secondary N) is 3. The van der Waals surface area contributed by atoms with E-state index in [1.165, 1.54) is 23.3 Å². The van der Waals surface area contributed by atoms with Crippen molar-refractivity contribution in [3.63, 3.8) is 0 Å². The van der Waals surface area contributed by atoms with Gasteiger partial charge in [-0.2, -0.15) is 13.2 Å². The summed E-state index contributed by atoms with van der Waals surface area (Å²) >= 11 is 0. The van der Waals surface area contributed by atoms with Gasteiger partial charge < -0.3 is 10.1 Å². The smallest absolute Gasteiger partial charge is 0.375 e. The summed E-state index contributed by atoms with van der Waals surface area (Å²) in [5.41, 5.74) is 3.41. The lowest BCUT2D eigenvalue weighted by Gasteiger charge is -2.40. The quantitative estimate of drug-likeness (QED) is 0.689. The van der Waals surface area contributed by atoms with Crippen molar-refractivity contribution >= 4 is 11.6 Å². The highest BCUT2D eigenvalue weighted by atomic mass is 19.4. The predicted molar refractivity (Wildman–Crippen MR) is 101 cm³/mol. The monoisotopic (exact) mass is 421 g/mol. The Labute approximate surface area is 171 Å². The molecule has 10 heteroatoms. The molecule has 4 fully saturated rings. The molecular formula is C20H22F3N5O2. The Bertz CT molecular complexity index is 932. The molecule has 1 aromatic rings. The first kappa shape index (κ1) is 18.6. The van der Waals surface area contributed by atoms with E-state index in [1.807, 2.05) is 0 Å². The van der Waals surface area contributed by atoms with Crippen molar-refractivity contribution in [3.8, 4) is 0 Å². The fraction of sp³-hybridized carbons (Fsp3) is 0.550. The molecule has 1 aliphatic carbocycles. The Morgan fingerprint density at radius 2 is 2.03 bits per heavy atom. The lowest BCUT2D eigenvalue weighted by molar-refractivity contribution is -0.137. The van der Waals surface area contributed by atoms with Crippen molar-refractivity contribution in [2.24, 2.45) is 0 Å². The molecule has 2 bridgehead atoms. The van der Waals surface area contributed by atoms with Gasteiger partial charge in [0.15, 0.2) is 0 Å². The first-order chi connectivity index (χ1) is 14.4. The summed E-state index contributed by atoms with van der Waals surface area (Å²) in [6.45, 7) is 1.35. The van der Waals surface area contributed by atoms with Crippen LogP contribution in [0.3, 0.4) is 0 Å². The van der Waals surface area contributed by atoms with Crippen LogP contribution in [0.25, 0.3) is 0 Å². The molecule has 2 unspecified atom stereocenters. The maximum atomic E-state index is 13.8. The minimum absolute atomic E-state index is 0.00594. The van der Waals surface area contributed by atoms with E-state index in [0.717, 1.165) is 31.4 Å². The number of fused-ring (bicyclic) bond motifs is 3. The zero-order valence-electron chi connectivity index (χ0n) is 16.1.